The Balaban J connectivity index is 1.52. The van der Waals surface area contributed by atoms with Crippen LogP contribution >= 0.6 is 23.2 Å². The SMILES string of the molecule is CC(Oc1ccc(Cl)cc1Cl)C(=O)N/N=C/c1ccc(OC(=O)c2ccccc2F)cc1. The fraction of sp³-hybridized carbons (Fsp3) is 0.0870. The van der Waals surface area contributed by atoms with Crippen LogP contribution in [0, 0.1) is 5.82 Å². The van der Waals surface area contributed by atoms with Crippen molar-refractivity contribution in [2.75, 3.05) is 0 Å². The minimum absolute atomic E-state index is 0.155. The van der Waals surface area contributed by atoms with E-state index in [0.29, 0.717) is 16.3 Å². The Kier molecular flexibility index (Phi) is 7.81. The van der Waals surface area contributed by atoms with E-state index in [4.69, 9.17) is 32.7 Å². The number of halogens is 3. The van der Waals surface area contributed by atoms with Gasteiger partial charge in [-0.15, -0.1) is 0 Å². The van der Waals surface area contributed by atoms with Gasteiger partial charge in [0.15, 0.2) is 6.10 Å². The molecule has 0 aliphatic heterocycles. The number of hydrogen-bond donors (Lipinski definition) is 1. The predicted molar refractivity (Wildman–Crippen MR) is 120 cm³/mol. The van der Waals surface area contributed by atoms with Gasteiger partial charge in [0.25, 0.3) is 5.91 Å². The van der Waals surface area contributed by atoms with Crippen LogP contribution in [0.25, 0.3) is 0 Å². The third-order valence-corrected chi connectivity index (χ3v) is 4.67. The lowest BCUT2D eigenvalue weighted by Gasteiger charge is -2.14. The number of nitrogens with zero attached hydrogens (tertiary/aromatic N) is 1. The van der Waals surface area contributed by atoms with Crippen LogP contribution in [0.3, 0.4) is 0 Å². The molecule has 1 unspecified atom stereocenters. The molecular formula is C23H17Cl2FN2O4. The zero-order chi connectivity index (χ0) is 23.1. The number of hydrazone groups is 1. The molecule has 6 nitrogen and oxygen atoms in total. The molecule has 0 fully saturated rings. The maximum Gasteiger partial charge on any atom is 0.346 e. The average molecular weight is 475 g/mol. The molecule has 1 N–H and O–H groups in total. The van der Waals surface area contributed by atoms with E-state index in [0.717, 1.165) is 0 Å². The molecule has 3 aromatic rings. The molecule has 0 saturated heterocycles. The van der Waals surface area contributed by atoms with Gasteiger partial charge in [-0.2, -0.15) is 5.10 Å². The molecule has 164 valence electrons. The van der Waals surface area contributed by atoms with Crippen molar-refractivity contribution in [2.24, 2.45) is 5.10 Å². The van der Waals surface area contributed by atoms with Crippen molar-refractivity contribution in [1.82, 2.24) is 5.43 Å². The minimum Gasteiger partial charge on any atom is -0.479 e. The van der Waals surface area contributed by atoms with Crippen molar-refractivity contribution >= 4 is 41.3 Å². The highest BCUT2D eigenvalue weighted by Crippen LogP contribution is 2.28. The number of rotatable bonds is 7. The summed E-state index contributed by atoms with van der Waals surface area (Å²) in [6.45, 7) is 1.55. The summed E-state index contributed by atoms with van der Waals surface area (Å²) in [5, 5.41) is 4.62. The summed E-state index contributed by atoms with van der Waals surface area (Å²) in [5.74, 6) is -1.38. The maximum absolute atomic E-state index is 13.7. The quantitative estimate of drug-likeness (QED) is 0.219. The van der Waals surface area contributed by atoms with Gasteiger partial charge in [-0.25, -0.2) is 14.6 Å². The molecule has 0 aliphatic carbocycles. The van der Waals surface area contributed by atoms with Crippen molar-refractivity contribution in [1.29, 1.82) is 0 Å². The second-order valence-corrected chi connectivity index (χ2v) is 7.35. The lowest BCUT2D eigenvalue weighted by Crippen LogP contribution is -2.33. The van der Waals surface area contributed by atoms with Crippen LogP contribution in [0.5, 0.6) is 11.5 Å². The molecule has 0 aliphatic rings. The lowest BCUT2D eigenvalue weighted by molar-refractivity contribution is -0.127. The monoisotopic (exact) mass is 474 g/mol. The number of ether oxygens (including phenoxy) is 2. The number of carbonyl (C=O) groups is 2. The molecule has 0 radical (unpaired) electrons. The smallest absolute Gasteiger partial charge is 0.346 e. The molecule has 0 aromatic heterocycles. The van der Waals surface area contributed by atoms with Crippen LogP contribution in [0.15, 0.2) is 71.8 Å². The Morgan fingerprint density at radius 2 is 1.78 bits per heavy atom. The summed E-state index contributed by atoms with van der Waals surface area (Å²) in [6, 6.07) is 16.5. The molecule has 1 amide bonds. The molecule has 0 spiro atoms. The van der Waals surface area contributed by atoms with E-state index in [2.05, 4.69) is 10.5 Å². The Labute approximate surface area is 193 Å². The predicted octanol–water partition coefficient (Wildman–Crippen LogP) is 5.27. The van der Waals surface area contributed by atoms with E-state index in [1.54, 1.807) is 37.3 Å². The largest absolute Gasteiger partial charge is 0.479 e. The van der Waals surface area contributed by atoms with Gasteiger partial charge in [0.1, 0.15) is 17.3 Å². The number of amides is 1. The summed E-state index contributed by atoms with van der Waals surface area (Å²) in [6.07, 6.45) is 0.550. The van der Waals surface area contributed by atoms with Gasteiger partial charge in [0.2, 0.25) is 0 Å². The van der Waals surface area contributed by atoms with E-state index >= 15 is 0 Å². The topological polar surface area (TPSA) is 77.0 Å². The van der Waals surface area contributed by atoms with Gasteiger partial charge in [0.05, 0.1) is 16.8 Å². The van der Waals surface area contributed by atoms with E-state index in [1.165, 1.54) is 42.6 Å². The van der Waals surface area contributed by atoms with Crippen LogP contribution in [0.2, 0.25) is 10.0 Å². The Morgan fingerprint density at radius 3 is 2.47 bits per heavy atom. The van der Waals surface area contributed by atoms with Crippen molar-refractivity contribution < 1.29 is 23.5 Å². The summed E-state index contributed by atoms with van der Waals surface area (Å²) < 4.78 is 24.3. The second kappa shape index (κ2) is 10.7. The zero-order valence-electron chi connectivity index (χ0n) is 16.7. The number of nitrogens with one attached hydrogen (secondary N) is 1. The van der Waals surface area contributed by atoms with Crippen LogP contribution in [-0.2, 0) is 4.79 Å². The first-order valence-corrected chi connectivity index (χ1v) is 10.1. The summed E-state index contributed by atoms with van der Waals surface area (Å²) in [4.78, 5) is 24.2. The molecule has 0 saturated carbocycles. The molecule has 0 heterocycles. The maximum atomic E-state index is 13.7. The van der Waals surface area contributed by atoms with Gasteiger partial charge >= 0.3 is 5.97 Å². The van der Waals surface area contributed by atoms with Gasteiger partial charge in [0, 0.05) is 5.02 Å². The number of esters is 1. The molecule has 0 bridgehead atoms. The van der Waals surface area contributed by atoms with E-state index in [9.17, 15) is 14.0 Å². The summed E-state index contributed by atoms with van der Waals surface area (Å²) in [7, 11) is 0. The van der Waals surface area contributed by atoms with E-state index < -0.39 is 23.8 Å². The normalized spacial score (nSPS) is 11.8. The van der Waals surface area contributed by atoms with Crippen molar-refractivity contribution in [2.45, 2.75) is 13.0 Å². The molecule has 9 heteroatoms. The van der Waals surface area contributed by atoms with Crippen molar-refractivity contribution in [3.05, 3.63) is 93.7 Å². The second-order valence-electron chi connectivity index (χ2n) is 6.51. The first kappa shape index (κ1) is 23.2. The summed E-state index contributed by atoms with van der Waals surface area (Å²) in [5.41, 5.74) is 2.84. The van der Waals surface area contributed by atoms with Gasteiger partial charge in [-0.3, -0.25) is 4.79 Å². The molecule has 3 rings (SSSR count). The van der Waals surface area contributed by atoms with Crippen LogP contribution in [0.4, 0.5) is 4.39 Å². The fourth-order valence-corrected chi connectivity index (χ4v) is 2.94. The zero-order valence-corrected chi connectivity index (χ0v) is 18.2. The van der Waals surface area contributed by atoms with E-state index in [1.807, 2.05) is 0 Å². The fourth-order valence-electron chi connectivity index (χ4n) is 2.49. The highest BCUT2D eigenvalue weighted by molar-refractivity contribution is 6.35. The number of benzene rings is 3. The highest BCUT2D eigenvalue weighted by atomic mass is 35.5. The van der Waals surface area contributed by atoms with Crippen LogP contribution in [0.1, 0.15) is 22.8 Å². The average Bonchev–Trinajstić information content (AvgIpc) is 2.77. The van der Waals surface area contributed by atoms with E-state index in [-0.39, 0.29) is 16.3 Å². The molecular weight excluding hydrogens is 458 g/mol. The number of hydrogen-bond acceptors (Lipinski definition) is 5. The minimum atomic E-state index is -0.856. The van der Waals surface area contributed by atoms with Crippen LogP contribution < -0.4 is 14.9 Å². The lowest BCUT2D eigenvalue weighted by atomic mass is 10.2. The Bertz CT molecular complexity index is 1150. The van der Waals surface area contributed by atoms with Crippen LogP contribution in [-0.4, -0.2) is 24.2 Å². The third-order valence-electron chi connectivity index (χ3n) is 4.14. The Hall–Kier alpha value is -3.42. The van der Waals surface area contributed by atoms with Gasteiger partial charge in [-0.05, 0) is 67.1 Å². The summed E-state index contributed by atoms with van der Waals surface area (Å²) >= 11 is 11.9. The first-order valence-electron chi connectivity index (χ1n) is 9.35. The Morgan fingerprint density at radius 1 is 1.06 bits per heavy atom. The molecule has 32 heavy (non-hydrogen) atoms. The standard InChI is InChI=1S/C23H17Cl2FN2O4/c1-14(31-21-11-8-16(24)12-19(21)25)22(29)28-27-13-15-6-9-17(10-7-15)32-23(30)18-4-2-3-5-20(18)26/h2-14H,1H3,(H,28,29)/b27-13+. The molecule has 3 aromatic carbocycles. The number of carbonyl (C=O) groups excluding carboxylic acids is 2. The van der Waals surface area contributed by atoms with Crippen molar-refractivity contribution in [3.63, 3.8) is 0 Å². The highest BCUT2D eigenvalue weighted by Gasteiger charge is 2.16. The van der Waals surface area contributed by atoms with Gasteiger partial charge < -0.3 is 9.47 Å². The molecule has 1 atom stereocenters. The first-order chi connectivity index (χ1) is 15.3. The van der Waals surface area contributed by atoms with Crippen molar-refractivity contribution in [3.8, 4) is 11.5 Å². The third kappa shape index (κ3) is 6.29. The van der Waals surface area contributed by atoms with Gasteiger partial charge in [-0.1, -0.05) is 35.3 Å².